The van der Waals surface area contributed by atoms with Crippen molar-refractivity contribution in [3.63, 3.8) is 0 Å². The SMILES string of the molecule is CCCCCCCCCC[SiH](OCCOc1ccccc1)c1ccccc1. The van der Waals surface area contributed by atoms with Crippen molar-refractivity contribution in [2.45, 2.75) is 64.3 Å². The van der Waals surface area contributed by atoms with Gasteiger partial charge in [0.2, 0.25) is 9.04 Å². The molecule has 0 saturated heterocycles. The van der Waals surface area contributed by atoms with Crippen molar-refractivity contribution < 1.29 is 9.16 Å². The van der Waals surface area contributed by atoms with E-state index in [1.807, 2.05) is 30.3 Å². The van der Waals surface area contributed by atoms with E-state index in [2.05, 4.69) is 37.3 Å². The highest BCUT2D eigenvalue weighted by molar-refractivity contribution is 6.67. The van der Waals surface area contributed by atoms with Gasteiger partial charge in [-0.05, 0) is 23.4 Å². The Bertz CT molecular complexity index is 573. The summed E-state index contributed by atoms with van der Waals surface area (Å²) in [7, 11) is -1.37. The van der Waals surface area contributed by atoms with Crippen LogP contribution in [-0.4, -0.2) is 22.3 Å². The number of unbranched alkanes of at least 4 members (excludes halogenated alkanes) is 7. The van der Waals surface area contributed by atoms with Crippen LogP contribution in [0.4, 0.5) is 0 Å². The molecule has 0 aliphatic heterocycles. The summed E-state index contributed by atoms with van der Waals surface area (Å²) in [5.74, 6) is 0.919. The Balaban J connectivity index is 1.67. The predicted molar refractivity (Wildman–Crippen MR) is 119 cm³/mol. The molecule has 0 bridgehead atoms. The van der Waals surface area contributed by atoms with Crippen molar-refractivity contribution >= 4 is 14.2 Å². The van der Waals surface area contributed by atoms with Crippen LogP contribution in [0.15, 0.2) is 60.7 Å². The van der Waals surface area contributed by atoms with E-state index in [-0.39, 0.29) is 0 Å². The summed E-state index contributed by atoms with van der Waals surface area (Å²) in [4.78, 5) is 0. The zero-order chi connectivity index (χ0) is 19.0. The van der Waals surface area contributed by atoms with E-state index >= 15 is 0 Å². The second kappa shape index (κ2) is 14.5. The van der Waals surface area contributed by atoms with Gasteiger partial charge in [-0.3, -0.25) is 0 Å². The van der Waals surface area contributed by atoms with Gasteiger partial charge in [0.1, 0.15) is 12.4 Å². The summed E-state index contributed by atoms with van der Waals surface area (Å²) < 4.78 is 12.1. The molecule has 0 aromatic heterocycles. The Morgan fingerprint density at radius 2 is 1.26 bits per heavy atom. The van der Waals surface area contributed by atoms with E-state index in [1.54, 1.807) is 0 Å². The molecular formula is C24H36O2Si. The van der Waals surface area contributed by atoms with Crippen molar-refractivity contribution in [3.8, 4) is 5.75 Å². The lowest BCUT2D eigenvalue weighted by molar-refractivity contribution is 0.219. The van der Waals surface area contributed by atoms with Crippen molar-refractivity contribution in [3.05, 3.63) is 60.7 Å². The zero-order valence-corrected chi connectivity index (χ0v) is 18.1. The van der Waals surface area contributed by atoms with E-state index in [9.17, 15) is 0 Å². The van der Waals surface area contributed by atoms with Gasteiger partial charge < -0.3 is 9.16 Å². The first-order valence-corrected chi connectivity index (χ1v) is 12.6. The van der Waals surface area contributed by atoms with E-state index in [1.165, 1.54) is 62.6 Å². The molecule has 0 amide bonds. The van der Waals surface area contributed by atoms with E-state index < -0.39 is 9.04 Å². The molecule has 0 spiro atoms. The van der Waals surface area contributed by atoms with Crippen LogP contribution < -0.4 is 9.92 Å². The molecule has 1 unspecified atom stereocenters. The average Bonchev–Trinajstić information content (AvgIpc) is 2.73. The highest BCUT2D eigenvalue weighted by atomic mass is 28.3. The van der Waals surface area contributed by atoms with Gasteiger partial charge in [-0.2, -0.15) is 0 Å². The minimum atomic E-state index is -1.37. The van der Waals surface area contributed by atoms with Gasteiger partial charge in [-0.1, -0.05) is 107 Å². The lowest BCUT2D eigenvalue weighted by atomic mass is 10.1. The predicted octanol–water partition coefficient (Wildman–Crippen LogP) is 5.85. The smallest absolute Gasteiger partial charge is 0.208 e. The van der Waals surface area contributed by atoms with E-state index in [0.29, 0.717) is 13.2 Å². The molecule has 27 heavy (non-hydrogen) atoms. The summed E-state index contributed by atoms with van der Waals surface area (Å²) >= 11 is 0. The third-order valence-electron chi connectivity index (χ3n) is 4.91. The molecular weight excluding hydrogens is 348 g/mol. The Kier molecular flexibility index (Phi) is 11.6. The van der Waals surface area contributed by atoms with Crippen LogP contribution in [0, 0.1) is 0 Å². The molecule has 2 aromatic rings. The van der Waals surface area contributed by atoms with Crippen molar-refractivity contribution in [1.29, 1.82) is 0 Å². The van der Waals surface area contributed by atoms with Gasteiger partial charge >= 0.3 is 0 Å². The molecule has 0 saturated carbocycles. The van der Waals surface area contributed by atoms with Crippen molar-refractivity contribution in [1.82, 2.24) is 0 Å². The van der Waals surface area contributed by atoms with Crippen LogP contribution in [0.2, 0.25) is 6.04 Å². The Hall–Kier alpha value is -1.58. The van der Waals surface area contributed by atoms with Gasteiger partial charge in [-0.15, -0.1) is 0 Å². The highest BCUT2D eigenvalue weighted by Crippen LogP contribution is 2.12. The molecule has 148 valence electrons. The number of hydrogen-bond donors (Lipinski definition) is 0. The van der Waals surface area contributed by atoms with Crippen LogP contribution >= 0.6 is 0 Å². The van der Waals surface area contributed by atoms with Gasteiger partial charge in [0.05, 0.1) is 6.61 Å². The lowest BCUT2D eigenvalue weighted by Crippen LogP contribution is -2.34. The van der Waals surface area contributed by atoms with Crippen LogP contribution in [0.1, 0.15) is 58.3 Å². The van der Waals surface area contributed by atoms with E-state index in [0.717, 1.165) is 5.75 Å². The number of ether oxygens (including phenoxy) is 1. The van der Waals surface area contributed by atoms with Crippen molar-refractivity contribution in [2.24, 2.45) is 0 Å². The molecule has 2 rings (SSSR count). The monoisotopic (exact) mass is 384 g/mol. The van der Waals surface area contributed by atoms with Crippen LogP contribution in [-0.2, 0) is 4.43 Å². The minimum absolute atomic E-state index is 0.623. The first-order valence-electron chi connectivity index (χ1n) is 10.7. The number of rotatable bonds is 15. The maximum Gasteiger partial charge on any atom is 0.208 e. The molecule has 0 aliphatic rings. The molecule has 1 atom stereocenters. The van der Waals surface area contributed by atoms with Crippen LogP contribution in [0.5, 0.6) is 5.75 Å². The molecule has 2 aromatic carbocycles. The molecule has 0 radical (unpaired) electrons. The fraction of sp³-hybridized carbons (Fsp3) is 0.500. The molecule has 3 heteroatoms. The van der Waals surface area contributed by atoms with Gasteiger partial charge in [-0.25, -0.2) is 0 Å². The standard InChI is InChI=1S/C24H36O2Si/c1-2-3-4-5-6-7-8-15-22-27(24-18-13-10-14-19-24)26-21-20-25-23-16-11-9-12-17-23/h9-14,16-19,27H,2-8,15,20-22H2,1H3. The summed E-state index contributed by atoms with van der Waals surface area (Å²) in [5.41, 5.74) is 0. The fourth-order valence-electron chi connectivity index (χ4n) is 3.34. The zero-order valence-electron chi connectivity index (χ0n) is 16.9. The normalized spacial score (nSPS) is 12.0. The summed E-state index contributed by atoms with van der Waals surface area (Å²) in [6.07, 6.45) is 10.9. The minimum Gasteiger partial charge on any atom is -0.491 e. The molecule has 0 fully saturated rings. The highest BCUT2D eigenvalue weighted by Gasteiger charge is 2.14. The summed E-state index contributed by atoms with van der Waals surface area (Å²) in [6, 6.07) is 22.0. The lowest BCUT2D eigenvalue weighted by Gasteiger charge is -2.17. The maximum atomic E-state index is 6.32. The Morgan fingerprint density at radius 3 is 1.93 bits per heavy atom. The first-order chi connectivity index (χ1) is 13.4. The van der Waals surface area contributed by atoms with Gasteiger partial charge in [0, 0.05) is 0 Å². The number of benzene rings is 2. The fourth-order valence-corrected chi connectivity index (χ4v) is 5.73. The average molecular weight is 385 g/mol. The second-order valence-corrected chi connectivity index (χ2v) is 9.75. The molecule has 0 aliphatic carbocycles. The second-order valence-electron chi connectivity index (χ2n) is 7.20. The van der Waals surface area contributed by atoms with Crippen molar-refractivity contribution in [2.75, 3.05) is 13.2 Å². The van der Waals surface area contributed by atoms with E-state index in [4.69, 9.17) is 9.16 Å². The van der Waals surface area contributed by atoms with Gasteiger partial charge in [0.25, 0.3) is 0 Å². The van der Waals surface area contributed by atoms with Crippen LogP contribution in [0.25, 0.3) is 0 Å². The van der Waals surface area contributed by atoms with Crippen LogP contribution in [0.3, 0.4) is 0 Å². The molecule has 0 N–H and O–H groups in total. The quantitative estimate of drug-likeness (QED) is 0.283. The maximum absolute atomic E-state index is 6.32. The summed E-state index contributed by atoms with van der Waals surface area (Å²) in [5, 5.41) is 1.42. The number of para-hydroxylation sites is 1. The third kappa shape index (κ3) is 9.78. The Labute approximate surface area is 167 Å². The first kappa shape index (κ1) is 21.7. The largest absolute Gasteiger partial charge is 0.491 e. The number of hydrogen-bond acceptors (Lipinski definition) is 2. The molecule has 2 nitrogen and oxygen atoms in total. The third-order valence-corrected chi connectivity index (χ3v) is 7.60. The molecule has 0 heterocycles. The van der Waals surface area contributed by atoms with Gasteiger partial charge in [0.15, 0.2) is 0 Å². The Morgan fingerprint density at radius 1 is 0.667 bits per heavy atom. The summed E-state index contributed by atoms with van der Waals surface area (Å²) in [6.45, 7) is 3.58. The topological polar surface area (TPSA) is 18.5 Å².